The molecule has 0 saturated carbocycles. The van der Waals surface area contributed by atoms with Crippen LogP contribution in [0.3, 0.4) is 0 Å². The molecule has 1 N–H and O–H groups in total. The van der Waals surface area contributed by atoms with Gasteiger partial charge < -0.3 is 10.2 Å². The molecule has 26 heavy (non-hydrogen) atoms. The van der Waals surface area contributed by atoms with E-state index in [1.807, 2.05) is 6.20 Å². The van der Waals surface area contributed by atoms with Crippen LogP contribution in [0.2, 0.25) is 0 Å². The molecular weight excluding hydrogens is 318 g/mol. The Balaban J connectivity index is 2.52. The number of rotatable bonds is 6. The Morgan fingerprint density at radius 1 is 1.27 bits per heavy atom. The number of benzene rings is 1. The lowest BCUT2D eigenvalue weighted by molar-refractivity contribution is 0.256. The Bertz CT molecular complexity index is 695. The van der Waals surface area contributed by atoms with Crippen LogP contribution in [0.5, 0.6) is 0 Å². The summed E-state index contributed by atoms with van der Waals surface area (Å²) in [5, 5.41) is 3.53. The number of hydrogen-bond donors (Lipinski definition) is 1. The third kappa shape index (κ3) is 5.18. The van der Waals surface area contributed by atoms with Gasteiger partial charge in [0.2, 0.25) is 0 Å². The fourth-order valence-electron chi connectivity index (χ4n) is 3.45. The summed E-state index contributed by atoms with van der Waals surface area (Å²) in [7, 11) is 0. The van der Waals surface area contributed by atoms with E-state index in [2.05, 4.69) is 87.3 Å². The van der Waals surface area contributed by atoms with E-state index < -0.39 is 0 Å². The van der Waals surface area contributed by atoms with Gasteiger partial charge in [-0.25, -0.2) is 0 Å². The Morgan fingerprint density at radius 3 is 2.62 bits per heavy atom. The van der Waals surface area contributed by atoms with E-state index >= 15 is 0 Å². The lowest BCUT2D eigenvalue weighted by Crippen LogP contribution is -2.48. The molecule has 0 amide bonds. The third-order valence-corrected chi connectivity index (χ3v) is 4.82. The third-order valence-electron chi connectivity index (χ3n) is 4.82. The average Bonchev–Trinajstić information content (AvgIpc) is 2.66. The maximum Gasteiger partial charge on any atom is 0.0468 e. The summed E-state index contributed by atoms with van der Waals surface area (Å²) in [6.07, 6.45) is 7.24. The molecule has 1 fully saturated rings. The Morgan fingerprint density at radius 2 is 2.00 bits per heavy atom. The Kier molecular flexibility index (Phi) is 7.86. The zero-order valence-corrected chi connectivity index (χ0v) is 16.9. The summed E-state index contributed by atoms with van der Waals surface area (Å²) in [6, 6.07) is 11.1. The topological polar surface area (TPSA) is 27.6 Å². The fourth-order valence-corrected chi connectivity index (χ4v) is 3.45. The minimum atomic E-state index is 0.503. The van der Waals surface area contributed by atoms with Gasteiger partial charge >= 0.3 is 0 Å². The fraction of sp³-hybridized carbons (Fsp3) is 0.435. The van der Waals surface area contributed by atoms with Gasteiger partial charge in [0, 0.05) is 48.9 Å². The van der Waals surface area contributed by atoms with Gasteiger partial charge in [-0.1, -0.05) is 49.4 Å². The molecule has 1 atom stereocenters. The van der Waals surface area contributed by atoms with Crippen molar-refractivity contribution in [3.63, 3.8) is 0 Å². The van der Waals surface area contributed by atoms with Gasteiger partial charge in [0.25, 0.3) is 0 Å². The number of piperazine rings is 1. The molecule has 3 heteroatoms. The van der Waals surface area contributed by atoms with Crippen LogP contribution in [-0.4, -0.2) is 36.3 Å². The van der Waals surface area contributed by atoms with Crippen LogP contribution in [0.1, 0.15) is 46.6 Å². The molecule has 0 aliphatic carbocycles. The van der Waals surface area contributed by atoms with Crippen molar-refractivity contribution in [1.82, 2.24) is 10.2 Å². The van der Waals surface area contributed by atoms with E-state index in [1.54, 1.807) is 0 Å². The molecule has 1 heterocycles. The van der Waals surface area contributed by atoms with Crippen molar-refractivity contribution >= 4 is 11.3 Å². The highest BCUT2D eigenvalue weighted by molar-refractivity contribution is 6.12. The molecule has 0 radical (unpaired) electrons. The second-order valence-electron chi connectivity index (χ2n) is 6.84. The van der Waals surface area contributed by atoms with Crippen LogP contribution >= 0.6 is 0 Å². The van der Waals surface area contributed by atoms with Gasteiger partial charge in [-0.05, 0) is 45.3 Å². The summed E-state index contributed by atoms with van der Waals surface area (Å²) >= 11 is 0. The minimum Gasteiger partial charge on any atom is -0.372 e. The highest BCUT2D eigenvalue weighted by Crippen LogP contribution is 2.29. The quantitative estimate of drug-likeness (QED) is 0.574. The van der Waals surface area contributed by atoms with Crippen LogP contribution in [0.25, 0.3) is 5.57 Å². The molecule has 1 aromatic rings. The van der Waals surface area contributed by atoms with Crippen LogP contribution in [0.15, 0.2) is 64.9 Å². The van der Waals surface area contributed by atoms with Crippen molar-refractivity contribution in [1.29, 1.82) is 0 Å². The van der Waals surface area contributed by atoms with Crippen LogP contribution in [0.4, 0.5) is 0 Å². The van der Waals surface area contributed by atoms with Crippen molar-refractivity contribution in [2.24, 2.45) is 4.99 Å². The van der Waals surface area contributed by atoms with E-state index in [1.165, 1.54) is 22.4 Å². The number of nitrogens with one attached hydrogen (secondary N) is 1. The molecule has 1 aliphatic rings. The first kappa shape index (κ1) is 20.2. The van der Waals surface area contributed by atoms with Gasteiger partial charge in [-0.3, -0.25) is 4.99 Å². The smallest absolute Gasteiger partial charge is 0.0468 e. The van der Waals surface area contributed by atoms with E-state index in [-0.39, 0.29) is 0 Å². The summed E-state index contributed by atoms with van der Waals surface area (Å²) < 4.78 is 0. The number of allylic oxidation sites excluding steroid dienone is 5. The van der Waals surface area contributed by atoms with Gasteiger partial charge in [0.05, 0.1) is 0 Å². The molecular formula is C23H33N3. The molecule has 1 unspecified atom stereocenters. The van der Waals surface area contributed by atoms with Gasteiger partial charge in [0.1, 0.15) is 0 Å². The summed E-state index contributed by atoms with van der Waals surface area (Å²) in [6.45, 7) is 13.9. The SMILES string of the molecule is C\C=C(C(/C(C)=N/C=C/CC)=C(/C)N1CCNC(C)C1)\c1ccccc1. The lowest BCUT2D eigenvalue weighted by Gasteiger charge is -2.36. The van der Waals surface area contributed by atoms with Gasteiger partial charge in [0.15, 0.2) is 0 Å². The van der Waals surface area contributed by atoms with E-state index in [0.717, 1.165) is 31.8 Å². The molecule has 140 valence electrons. The van der Waals surface area contributed by atoms with Crippen molar-refractivity contribution in [3.05, 3.63) is 65.5 Å². The maximum atomic E-state index is 4.74. The molecule has 0 bridgehead atoms. The maximum absolute atomic E-state index is 4.74. The van der Waals surface area contributed by atoms with E-state index in [0.29, 0.717) is 6.04 Å². The zero-order valence-electron chi connectivity index (χ0n) is 16.9. The predicted octanol–water partition coefficient (Wildman–Crippen LogP) is 5.04. The lowest BCUT2D eigenvalue weighted by atomic mass is 9.92. The van der Waals surface area contributed by atoms with Crippen molar-refractivity contribution in [3.8, 4) is 0 Å². The summed E-state index contributed by atoms with van der Waals surface area (Å²) in [5.74, 6) is 0. The monoisotopic (exact) mass is 351 g/mol. The zero-order chi connectivity index (χ0) is 18.9. The minimum absolute atomic E-state index is 0.503. The van der Waals surface area contributed by atoms with Gasteiger partial charge in [-0.15, -0.1) is 0 Å². The second kappa shape index (κ2) is 10.1. The number of hydrogen-bond acceptors (Lipinski definition) is 3. The molecule has 1 saturated heterocycles. The average molecular weight is 352 g/mol. The second-order valence-corrected chi connectivity index (χ2v) is 6.84. The first-order valence-electron chi connectivity index (χ1n) is 9.69. The molecule has 2 rings (SSSR count). The van der Waals surface area contributed by atoms with Crippen LogP contribution < -0.4 is 5.32 Å². The molecule has 1 aliphatic heterocycles. The first-order chi connectivity index (χ1) is 12.6. The molecule has 3 nitrogen and oxygen atoms in total. The van der Waals surface area contributed by atoms with Gasteiger partial charge in [-0.2, -0.15) is 0 Å². The molecule has 0 spiro atoms. The Hall–Kier alpha value is -2.13. The first-order valence-corrected chi connectivity index (χ1v) is 9.69. The van der Waals surface area contributed by atoms with Crippen molar-refractivity contribution in [2.75, 3.05) is 19.6 Å². The van der Waals surface area contributed by atoms with Crippen LogP contribution in [-0.2, 0) is 0 Å². The van der Waals surface area contributed by atoms with Crippen molar-refractivity contribution in [2.45, 2.75) is 47.1 Å². The molecule has 0 aromatic heterocycles. The number of nitrogens with zero attached hydrogens (tertiary/aromatic N) is 2. The van der Waals surface area contributed by atoms with E-state index in [4.69, 9.17) is 4.99 Å². The largest absolute Gasteiger partial charge is 0.372 e. The predicted molar refractivity (Wildman–Crippen MR) is 114 cm³/mol. The normalized spacial score (nSPS) is 20.5. The summed E-state index contributed by atoms with van der Waals surface area (Å²) in [5.41, 5.74) is 6.10. The van der Waals surface area contributed by atoms with Crippen LogP contribution in [0, 0.1) is 0 Å². The Labute approximate surface area is 159 Å². The standard InChI is InChI=1S/C23H33N3/c1-6-8-14-25-19(4)23(20(5)26-16-15-24-18(3)17-26)22(7-2)21-12-10-9-11-13-21/h7-14,18,24H,6,15-17H2,1-5H3/b14-8+,22-7-,23-20-,25-19+. The summed E-state index contributed by atoms with van der Waals surface area (Å²) in [4.78, 5) is 7.23. The molecule has 1 aromatic carbocycles. The van der Waals surface area contributed by atoms with Crippen molar-refractivity contribution < 1.29 is 0 Å². The highest BCUT2D eigenvalue weighted by Gasteiger charge is 2.21. The number of aliphatic imine (C=N–C) groups is 1. The highest BCUT2D eigenvalue weighted by atomic mass is 15.2. The van der Waals surface area contributed by atoms with E-state index in [9.17, 15) is 0 Å².